The van der Waals surface area contributed by atoms with Gasteiger partial charge in [-0.1, -0.05) is 30.3 Å². The van der Waals surface area contributed by atoms with E-state index in [0.29, 0.717) is 35.8 Å². The first kappa shape index (κ1) is 18.0. The molecule has 26 heavy (non-hydrogen) atoms. The molecular formula is C22H32N2O2. The number of rotatable bonds is 4. The highest BCUT2D eigenvalue weighted by atomic mass is 16.5. The van der Waals surface area contributed by atoms with Crippen LogP contribution in [0.15, 0.2) is 30.3 Å². The van der Waals surface area contributed by atoms with Crippen LogP contribution >= 0.6 is 0 Å². The van der Waals surface area contributed by atoms with Crippen LogP contribution in [0.3, 0.4) is 0 Å². The van der Waals surface area contributed by atoms with Crippen molar-refractivity contribution in [3.8, 4) is 0 Å². The molecule has 4 rings (SSSR count). The number of hydrogen-bond donors (Lipinski definition) is 1. The Morgan fingerprint density at radius 1 is 1.08 bits per heavy atom. The molecular weight excluding hydrogens is 324 g/mol. The minimum Gasteiger partial charge on any atom is -0.378 e. The van der Waals surface area contributed by atoms with Gasteiger partial charge in [0, 0.05) is 32.2 Å². The quantitative estimate of drug-likeness (QED) is 0.900. The van der Waals surface area contributed by atoms with Crippen molar-refractivity contribution < 1.29 is 9.53 Å². The zero-order valence-electron chi connectivity index (χ0n) is 15.7. The topological polar surface area (TPSA) is 55.6 Å². The second kappa shape index (κ2) is 8.10. The fourth-order valence-electron chi connectivity index (χ4n) is 4.98. The molecule has 2 N–H and O–H groups in total. The zero-order chi connectivity index (χ0) is 17.9. The second-order valence-corrected chi connectivity index (χ2v) is 8.56. The van der Waals surface area contributed by atoms with Crippen LogP contribution < -0.4 is 5.73 Å². The molecule has 2 saturated heterocycles. The minimum atomic E-state index is 0.296. The van der Waals surface area contributed by atoms with Crippen LogP contribution in [0.4, 0.5) is 0 Å². The number of amides is 1. The first-order chi connectivity index (χ1) is 12.7. The molecule has 4 nitrogen and oxygen atoms in total. The lowest BCUT2D eigenvalue weighted by Crippen LogP contribution is -2.45. The van der Waals surface area contributed by atoms with E-state index >= 15 is 0 Å². The van der Waals surface area contributed by atoms with E-state index in [1.54, 1.807) is 0 Å². The summed E-state index contributed by atoms with van der Waals surface area (Å²) in [6.45, 7) is 2.59. The first-order valence-electron chi connectivity index (χ1n) is 10.4. The van der Waals surface area contributed by atoms with E-state index in [9.17, 15) is 4.79 Å². The SMILES string of the molecule is N[C@H]1CCO[C@H](C2CCN(C(=O)CC3CC(c4ccccc4)C3)CC2)C1. The largest absolute Gasteiger partial charge is 0.378 e. The molecule has 1 aromatic carbocycles. The zero-order valence-corrected chi connectivity index (χ0v) is 15.7. The lowest BCUT2D eigenvalue weighted by atomic mass is 9.70. The van der Waals surface area contributed by atoms with Crippen molar-refractivity contribution in [1.82, 2.24) is 4.90 Å². The molecule has 3 fully saturated rings. The summed E-state index contributed by atoms with van der Waals surface area (Å²) < 4.78 is 5.95. The smallest absolute Gasteiger partial charge is 0.222 e. The monoisotopic (exact) mass is 356 g/mol. The summed E-state index contributed by atoms with van der Waals surface area (Å²) in [6, 6.07) is 11.0. The molecule has 4 heteroatoms. The third-order valence-corrected chi connectivity index (χ3v) is 6.74. The summed E-state index contributed by atoms with van der Waals surface area (Å²) in [5, 5.41) is 0. The highest BCUT2D eigenvalue weighted by Gasteiger charge is 2.35. The van der Waals surface area contributed by atoms with Gasteiger partial charge in [0.05, 0.1) is 6.10 Å². The van der Waals surface area contributed by atoms with Crippen LogP contribution in [0, 0.1) is 11.8 Å². The molecule has 3 aliphatic rings. The highest BCUT2D eigenvalue weighted by Crippen LogP contribution is 2.43. The van der Waals surface area contributed by atoms with Gasteiger partial charge in [0.15, 0.2) is 0 Å². The lowest BCUT2D eigenvalue weighted by molar-refractivity contribution is -0.135. The predicted molar refractivity (Wildman–Crippen MR) is 103 cm³/mol. The molecule has 0 radical (unpaired) electrons. The number of nitrogens with zero attached hydrogens (tertiary/aromatic N) is 1. The summed E-state index contributed by atoms with van der Waals surface area (Å²) in [7, 11) is 0. The Bertz CT molecular complexity index is 591. The maximum atomic E-state index is 12.7. The highest BCUT2D eigenvalue weighted by molar-refractivity contribution is 5.76. The minimum absolute atomic E-state index is 0.296. The molecule has 0 aromatic heterocycles. The van der Waals surface area contributed by atoms with Crippen molar-refractivity contribution in [2.75, 3.05) is 19.7 Å². The Hall–Kier alpha value is -1.39. The van der Waals surface area contributed by atoms with E-state index in [1.807, 2.05) is 0 Å². The van der Waals surface area contributed by atoms with Gasteiger partial charge in [0.1, 0.15) is 0 Å². The van der Waals surface area contributed by atoms with E-state index in [-0.39, 0.29) is 0 Å². The number of carbonyl (C=O) groups is 1. The molecule has 1 saturated carbocycles. The number of likely N-dealkylation sites (tertiary alicyclic amines) is 1. The number of piperidine rings is 1. The average Bonchev–Trinajstić information content (AvgIpc) is 2.65. The summed E-state index contributed by atoms with van der Waals surface area (Å²) in [4.78, 5) is 14.7. The lowest BCUT2D eigenvalue weighted by Gasteiger charge is -2.40. The molecule has 1 aliphatic carbocycles. The molecule has 2 atom stereocenters. The van der Waals surface area contributed by atoms with Crippen LogP contribution in [0.25, 0.3) is 0 Å². The van der Waals surface area contributed by atoms with Gasteiger partial charge in [-0.25, -0.2) is 0 Å². The van der Waals surface area contributed by atoms with Gasteiger partial charge in [0.25, 0.3) is 0 Å². The van der Waals surface area contributed by atoms with Gasteiger partial charge in [-0.15, -0.1) is 0 Å². The van der Waals surface area contributed by atoms with Crippen LogP contribution in [-0.2, 0) is 9.53 Å². The standard InChI is InChI=1S/C22H32N2O2/c23-20-8-11-26-21(15-20)18-6-9-24(10-7-18)22(25)14-16-12-19(13-16)17-4-2-1-3-5-17/h1-5,16,18-21H,6-15,23H2/t16?,19?,20-,21-/m0/s1. The summed E-state index contributed by atoms with van der Waals surface area (Å²) >= 11 is 0. The van der Waals surface area contributed by atoms with Crippen LogP contribution in [0.5, 0.6) is 0 Å². The molecule has 2 heterocycles. The van der Waals surface area contributed by atoms with Crippen molar-refractivity contribution in [2.24, 2.45) is 17.6 Å². The van der Waals surface area contributed by atoms with Gasteiger partial charge in [-0.3, -0.25) is 4.79 Å². The van der Waals surface area contributed by atoms with Crippen LogP contribution in [0.1, 0.15) is 56.4 Å². The van der Waals surface area contributed by atoms with Gasteiger partial charge in [0.2, 0.25) is 5.91 Å². The summed E-state index contributed by atoms with van der Waals surface area (Å²) in [6.07, 6.45) is 7.50. The van der Waals surface area contributed by atoms with E-state index in [0.717, 1.165) is 51.8 Å². The van der Waals surface area contributed by atoms with E-state index in [1.165, 1.54) is 18.4 Å². The Balaban J connectivity index is 1.19. The maximum absolute atomic E-state index is 12.7. The van der Waals surface area contributed by atoms with E-state index in [4.69, 9.17) is 10.5 Å². The average molecular weight is 357 g/mol. The number of ether oxygens (including phenoxy) is 1. The van der Waals surface area contributed by atoms with Crippen molar-refractivity contribution >= 4 is 5.91 Å². The predicted octanol–water partition coefficient (Wildman–Crippen LogP) is 3.32. The first-order valence-corrected chi connectivity index (χ1v) is 10.4. The molecule has 1 amide bonds. The molecule has 2 aliphatic heterocycles. The van der Waals surface area contributed by atoms with Crippen LogP contribution in [0.2, 0.25) is 0 Å². The third kappa shape index (κ3) is 4.12. The Morgan fingerprint density at radius 3 is 2.50 bits per heavy atom. The Kier molecular flexibility index (Phi) is 5.60. The fraction of sp³-hybridized carbons (Fsp3) is 0.682. The van der Waals surface area contributed by atoms with E-state index in [2.05, 4.69) is 35.2 Å². The van der Waals surface area contributed by atoms with Gasteiger partial charge >= 0.3 is 0 Å². The normalized spacial score (nSPS) is 32.9. The van der Waals surface area contributed by atoms with Crippen molar-refractivity contribution in [2.45, 2.75) is 63.0 Å². The Labute approximate surface area is 157 Å². The third-order valence-electron chi connectivity index (χ3n) is 6.74. The van der Waals surface area contributed by atoms with Gasteiger partial charge in [-0.2, -0.15) is 0 Å². The van der Waals surface area contributed by atoms with Gasteiger partial charge in [-0.05, 0) is 61.8 Å². The number of hydrogen-bond acceptors (Lipinski definition) is 3. The van der Waals surface area contributed by atoms with Crippen LogP contribution in [-0.4, -0.2) is 42.6 Å². The molecule has 1 aromatic rings. The summed E-state index contributed by atoms with van der Waals surface area (Å²) in [5.74, 6) is 2.18. The molecule has 0 unspecified atom stereocenters. The molecule has 0 spiro atoms. The number of carbonyl (C=O) groups excluding carboxylic acids is 1. The van der Waals surface area contributed by atoms with Crippen molar-refractivity contribution in [1.29, 1.82) is 0 Å². The van der Waals surface area contributed by atoms with Crippen molar-refractivity contribution in [3.63, 3.8) is 0 Å². The number of nitrogens with two attached hydrogens (primary N) is 1. The molecule has 142 valence electrons. The van der Waals surface area contributed by atoms with Gasteiger partial charge < -0.3 is 15.4 Å². The second-order valence-electron chi connectivity index (χ2n) is 8.56. The fourth-order valence-corrected chi connectivity index (χ4v) is 4.98. The van der Waals surface area contributed by atoms with Crippen molar-refractivity contribution in [3.05, 3.63) is 35.9 Å². The number of benzene rings is 1. The summed E-state index contributed by atoms with van der Waals surface area (Å²) in [5.41, 5.74) is 7.53. The molecule has 0 bridgehead atoms. The maximum Gasteiger partial charge on any atom is 0.222 e. The van der Waals surface area contributed by atoms with E-state index < -0.39 is 0 Å². The Morgan fingerprint density at radius 2 is 1.81 bits per heavy atom.